The molecule has 0 spiro atoms. The molecule has 0 N–H and O–H groups in total. The van der Waals surface area contributed by atoms with Crippen LogP contribution in [0.15, 0.2) is 35.9 Å². The second-order valence-corrected chi connectivity index (χ2v) is 6.56. The van der Waals surface area contributed by atoms with Crippen LogP contribution < -0.4 is 0 Å². The largest absolute Gasteiger partial charge is 0.369 e. The summed E-state index contributed by atoms with van der Waals surface area (Å²) in [6, 6.07) is 9.03. The highest BCUT2D eigenvalue weighted by Gasteiger charge is 2.20. The summed E-state index contributed by atoms with van der Waals surface area (Å²) in [6.45, 7) is 11.8. The number of rotatable bonds is 6. The first-order valence-electron chi connectivity index (χ1n) is 8.80. The molecule has 0 fully saturated rings. The van der Waals surface area contributed by atoms with Gasteiger partial charge in [0.2, 0.25) is 0 Å². The van der Waals surface area contributed by atoms with Gasteiger partial charge in [-0.15, -0.1) is 0 Å². The van der Waals surface area contributed by atoms with Gasteiger partial charge in [0.25, 0.3) is 0 Å². The topological polar surface area (TPSA) is 26.3 Å². The molecule has 0 heterocycles. The number of hydrogen-bond donors (Lipinski definition) is 0. The zero-order chi connectivity index (χ0) is 17.2. The maximum atomic E-state index is 8.00. The Morgan fingerprint density at radius 1 is 1.17 bits per heavy atom. The third kappa shape index (κ3) is 6.87. The highest BCUT2D eigenvalue weighted by Crippen LogP contribution is 2.27. The van der Waals surface area contributed by atoms with Crippen LogP contribution in [0.3, 0.4) is 0 Å². The molecule has 0 amide bonds. The van der Waals surface area contributed by atoms with Gasteiger partial charge in [-0.25, -0.2) is 0 Å². The van der Waals surface area contributed by atoms with Crippen molar-refractivity contribution in [3.05, 3.63) is 47.0 Å². The van der Waals surface area contributed by atoms with Crippen molar-refractivity contribution >= 4 is 16.7 Å². The average Bonchev–Trinajstić information content (AvgIpc) is 2.60. The number of carbonyl (C=O) groups excluding carboxylic acids is 1. The Morgan fingerprint density at radius 2 is 1.75 bits per heavy atom. The van der Waals surface area contributed by atoms with Gasteiger partial charge >= 0.3 is 0 Å². The lowest BCUT2D eigenvalue weighted by molar-refractivity contribution is -0.0979. The molecule has 1 unspecified atom stereocenters. The van der Waals surface area contributed by atoms with E-state index in [1.54, 1.807) is 0 Å². The Morgan fingerprint density at radius 3 is 2.29 bits per heavy atom. The van der Waals surface area contributed by atoms with Crippen LogP contribution in [0.2, 0.25) is 0 Å². The minimum atomic E-state index is 0. The van der Waals surface area contributed by atoms with E-state index in [0.717, 1.165) is 6.61 Å². The summed E-state index contributed by atoms with van der Waals surface area (Å²) in [6.07, 6.45) is 7.52. The molecule has 0 aliphatic heterocycles. The van der Waals surface area contributed by atoms with Gasteiger partial charge in [-0.3, -0.25) is 0 Å². The smallest absolute Gasteiger partial charge is 0.106 e. The van der Waals surface area contributed by atoms with Crippen LogP contribution in [0.4, 0.5) is 0 Å². The molecule has 0 saturated carbocycles. The van der Waals surface area contributed by atoms with Gasteiger partial charge in [0, 0.05) is 0 Å². The maximum absolute atomic E-state index is 8.00. The van der Waals surface area contributed by atoms with Gasteiger partial charge < -0.3 is 9.53 Å². The average molecular weight is 350 g/mol. The Bertz CT molecular complexity index is 477. The zero-order valence-corrected chi connectivity index (χ0v) is 17.3. The first-order chi connectivity index (χ1) is 11.1. The third-order valence-electron chi connectivity index (χ3n) is 4.88. The van der Waals surface area contributed by atoms with Crippen LogP contribution in [-0.2, 0) is 16.1 Å². The van der Waals surface area contributed by atoms with Crippen LogP contribution in [-0.4, -0.2) is 12.9 Å². The fourth-order valence-electron chi connectivity index (χ4n) is 3.20. The zero-order valence-electron chi connectivity index (χ0n) is 15.9. The van der Waals surface area contributed by atoms with Crippen LogP contribution in [0.5, 0.6) is 0 Å². The Labute approximate surface area is 151 Å². The molecule has 1 aromatic rings. The molecule has 0 aromatic heterocycles. The molecule has 1 aromatic carbocycles. The monoisotopic (exact) mass is 350 g/mol. The molecule has 1 aliphatic rings. The third-order valence-corrected chi connectivity index (χ3v) is 4.88. The van der Waals surface area contributed by atoms with E-state index in [0.29, 0.717) is 11.8 Å². The quantitative estimate of drug-likeness (QED) is 0.484. The normalized spacial score (nSPS) is 19.8. The minimum absolute atomic E-state index is 0. The molecular weight excluding hydrogens is 315 g/mol. The lowest BCUT2D eigenvalue weighted by Gasteiger charge is -2.26. The van der Waals surface area contributed by atoms with Crippen LogP contribution in [0.1, 0.15) is 70.4 Å². The summed E-state index contributed by atoms with van der Waals surface area (Å²) in [5, 5.41) is 0. The molecule has 3 atom stereocenters. The molecule has 3 heteroatoms. The first kappa shape index (κ1) is 23.0. The van der Waals surface area contributed by atoms with Crippen molar-refractivity contribution in [3.63, 3.8) is 0 Å². The van der Waals surface area contributed by atoms with E-state index in [2.05, 4.69) is 58.0 Å². The Kier molecular flexibility index (Phi) is 11.9. The van der Waals surface area contributed by atoms with Crippen molar-refractivity contribution in [3.8, 4) is 0 Å². The van der Waals surface area contributed by atoms with Crippen molar-refractivity contribution in [2.45, 2.75) is 72.0 Å². The van der Waals surface area contributed by atoms with Gasteiger partial charge in [0.15, 0.2) is 0 Å². The van der Waals surface area contributed by atoms with Crippen LogP contribution in [0.25, 0.3) is 0 Å². The second-order valence-electron chi connectivity index (χ2n) is 6.56. The van der Waals surface area contributed by atoms with Gasteiger partial charge in [-0.05, 0) is 55.6 Å². The van der Waals surface area contributed by atoms with E-state index < -0.39 is 0 Å². The molecule has 2 rings (SSSR count). The predicted octanol–water partition coefficient (Wildman–Crippen LogP) is 5.72. The number of allylic oxidation sites excluding steroid dienone is 1. The summed E-state index contributed by atoms with van der Waals surface area (Å²) >= 11 is 0. The van der Waals surface area contributed by atoms with E-state index in [1.165, 1.54) is 42.4 Å². The van der Waals surface area contributed by atoms with E-state index in [1.807, 2.05) is 6.79 Å². The highest BCUT2D eigenvalue weighted by molar-refractivity contribution is 6.92. The lowest BCUT2D eigenvalue weighted by atomic mass is 9.89. The second kappa shape index (κ2) is 12.4. The Hall–Kier alpha value is -0.980. The van der Waals surface area contributed by atoms with Crippen LogP contribution in [0, 0.1) is 5.92 Å². The molecule has 1 aliphatic carbocycles. The van der Waals surface area contributed by atoms with Crippen molar-refractivity contribution in [2.75, 3.05) is 0 Å². The van der Waals surface area contributed by atoms with Crippen molar-refractivity contribution in [2.24, 2.45) is 5.92 Å². The molecular formula is C21H35O2P. The molecule has 136 valence electrons. The number of carbonyl (C=O) groups is 1. The molecule has 0 radical (unpaired) electrons. The molecule has 0 bridgehead atoms. The SMILES string of the molecule is C=O.CCC(CC)c1ccc(CO[C@H]2C=C(C)CC[C@H]2C)cc1.P. The summed E-state index contributed by atoms with van der Waals surface area (Å²) in [5.41, 5.74) is 4.22. The van der Waals surface area contributed by atoms with Crippen molar-refractivity contribution in [1.82, 2.24) is 0 Å². The van der Waals surface area contributed by atoms with E-state index in [-0.39, 0.29) is 16.0 Å². The fraction of sp³-hybridized carbons (Fsp3) is 0.571. The van der Waals surface area contributed by atoms with Crippen molar-refractivity contribution < 1.29 is 9.53 Å². The lowest BCUT2D eigenvalue weighted by Crippen LogP contribution is -2.23. The molecule has 0 saturated heterocycles. The predicted molar refractivity (Wildman–Crippen MR) is 109 cm³/mol. The maximum Gasteiger partial charge on any atom is 0.106 e. The number of benzene rings is 1. The fourth-order valence-corrected chi connectivity index (χ4v) is 3.20. The molecule has 2 nitrogen and oxygen atoms in total. The first-order valence-corrected chi connectivity index (χ1v) is 8.80. The summed E-state index contributed by atoms with van der Waals surface area (Å²) in [7, 11) is 0. The summed E-state index contributed by atoms with van der Waals surface area (Å²) in [5.74, 6) is 1.33. The summed E-state index contributed by atoms with van der Waals surface area (Å²) in [4.78, 5) is 8.00. The summed E-state index contributed by atoms with van der Waals surface area (Å²) < 4.78 is 6.13. The van der Waals surface area contributed by atoms with Gasteiger partial charge in [0.1, 0.15) is 6.79 Å². The van der Waals surface area contributed by atoms with E-state index >= 15 is 0 Å². The Balaban J connectivity index is 0.00000170. The number of ether oxygens (including phenoxy) is 1. The van der Waals surface area contributed by atoms with Gasteiger partial charge in [-0.1, -0.05) is 56.7 Å². The van der Waals surface area contributed by atoms with Gasteiger partial charge in [0.05, 0.1) is 12.7 Å². The molecule has 24 heavy (non-hydrogen) atoms. The van der Waals surface area contributed by atoms with Crippen molar-refractivity contribution in [1.29, 1.82) is 0 Å². The highest BCUT2D eigenvalue weighted by atomic mass is 31.0. The minimum Gasteiger partial charge on any atom is -0.369 e. The van der Waals surface area contributed by atoms with Gasteiger partial charge in [-0.2, -0.15) is 9.90 Å². The van der Waals surface area contributed by atoms with Crippen LogP contribution >= 0.6 is 9.90 Å². The van der Waals surface area contributed by atoms with E-state index in [9.17, 15) is 0 Å². The number of hydrogen-bond acceptors (Lipinski definition) is 2. The standard InChI is InChI=1S/C20H30O.CH2O.H3P/c1-5-18(6-2)19-11-9-17(10-12-19)14-21-20-13-15(3)7-8-16(20)4;1-2;/h9-13,16,18,20H,5-8,14H2,1-4H3;1H2;1H3/t16-,20+;;/m1../s1. The van der Waals surface area contributed by atoms with E-state index in [4.69, 9.17) is 9.53 Å².